The number of nitrogens with zero attached hydrogens (tertiary/aromatic N) is 2. The Morgan fingerprint density at radius 1 is 1.38 bits per heavy atom. The van der Waals surface area contributed by atoms with Gasteiger partial charge in [-0.1, -0.05) is 28.0 Å². The summed E-state index contributed by atoms with van der Waals surface area (Å²) in [6, 6.07) is 5.41. The van der Waals surface area contributed by atoms with Crippen molar-refractivity contribution in [2.75, 3.05) is 0 Å². The highest BCUT2D eigenvalue weighted by Gasteiger charge is 2.07. The maximum Gasteiger partial charge on any atom is 0.299 e. The van der Waals surface area contributed by atoms with E-state index in [1.165, 1.54) is 11.3 Å². The summed E-state index contributed by atoms with van der Waals surface area (Å²) in [5.41, 5.74) is 0.954. The third kappa shape index (κ3) is 2.64. The van der Waals surface area contributed by atoms with E-state index in [2.05, 4.69) is 10.2 Å². The molecule has 1 aromatic heterocycles. The van der Waals surface area contributed by atoms with E-state index in [1.807, 2.05) is 13.0 Å². The normalized spacial score (nSPS) is 10.4. The predicted molar refractivity (Wildman–Crippen MR) is 65.7 cm³/mol. The molecule has 0 saturated carbocycles. The van der Waals surface area contributed by atoms with Crippen molar-refractivity contribution in [3.63, 3.8) is 0 Å². The number of aryl methyl sites for hydroxylation is 1. The first-order valence-electron chi connectivity index (χ1n) is 4.51. The van der Waals surface area contributed by atoms with Crippen molar-refractivity contribution in [3.8, 4) is 10.9 Å². The fourth-order valence-electron chi connectivity index (χ4n) is 1.15. The van der Waals surface area contributed by atoms with Gasteiger partial charge < -0.3 is 4.74 Å². The molecule has 16 heavy (non-hydrogen) atoms. The summed E-state index contributed by atoms with van der Waals surface area (Å²) >= 11 is 12.8. The molecule has 0 aliphatic rings. The number of aromatic nitrogens is 2. The Kier molecular flexibility index (Phi) is 3.63. The second-order valence-corrected chi connectivity index (χ2v) is 4.84. The lowest BCUT2D eigenvalue weighted by Gasteiger charge is -2.04. The summed E-state index contributed by atoms with van der Waals surface area (Å²) in [7, 11) is 0. The highest BCUT2D eigenvalue weighted by molar-refractivity contribution is 7.13. The Balaban J connectivity index is 2.20. The van der Waals surface area contributed by atoms with Crippen LogP contribution in [0.3, 0.4) is 0 Å². The van der Waals surface area contributed by atoms with Gasteiger partial charge in [-0.3, -0.25) is 0 Å². The molecular formula is C10H8Cl2N2OS. The number of ether oxygens (including phenoxy) is 1. The molecule has 0 amide bonds. The zero-order valence-electron chi connectivity index (χ0n) is 8.41. The molecule has 0 bridgehead atoms. The van der Waals surface area contributed by atoms with Crippen molar-refractivity contribution < 1.29 is 4.74 Å². The molecule has 1 heterocycles. The van der Waals surface area contributed by atoms with E-state index in [0.717, 1.165) is 16.3 Å². The number of alkyl halides is 1. The van der Waals surface area contributed by atoms with Crippen LogP contribution in [0.15, 0.2) is 18.2 Å². The minimum atomic E-state index is 0.348. The molecule has 0 N–H and O–H groups in total. The van der Waals surface area contributed by atoms with Crippen molar-refractivity contribution >= 4 is 34.5 Å². The van der Waals surface area contributed by atoms with Crippen LogP contribution in [-0.4, -0.2) is 10.2 Å². The van der Waals surface area contributed by atoms with Gasteiger partial charge in [0.25, 0.3) is 5.19 Å². The average Bonchev–Trinajstić information content (AvgIpc) is 2.70. The summed E-state index contributed by atoms with van der Waals surface area (Å²) in [6.07, 6.45) is 0. The minimum Gasteiger partial charge on any atom is -0.430 e. The van der Waals surface area contributed by atoms with Crippen molar-refractivity contribution in [2.24, 2.45) is 0 Å². The van der Waals surface area contributed by atoms with Crippen LogP contribution < -0.4 is 4.74 Å². The lowest BCUT2D eigenvalue weighted by molar-refractivity contribution is 0.469. The highest BCUT2D eigenvalue weighted by atomic mass is 35.5. The molecular weight excluding hydrogens is 267 g/mol. The summed E-state index contributed by atoms with van der Waals surface area (Å²) in [6.45, 7) is 1.92. The van der Waals surface area contributed by atoms with Gasteiger partial charge in [-0.05, 0) is 30.7 Å². The van der Waals surface area contributed by atoms with E-state index in [-0.39, 0.29) is 0 Å². The Bertz CT molecular complexity index is 501. The number of hydrogen-bond acceptors (Lipinski definition) is 4. The van der Waals surface area contributed by atoms with Gasteiger partial charge in [0.2, 0.25) is 0 Å². The second kappa shape index (κ2) is 4.99. The Morgan fingerprint density at radius 3 is 2.81 bits per heavy atom. The average molecular weight is 275 g/mol. The van der Waals surface area contributed by atoms with Gasteiger partial charge in [0, 0.05) is 5.02 Å². The van der Waals surface area contributed by atoms with Crippen molar-refractivity contribution in [3.05, 3.63) is 33.8 Å². The Hall–Kier alpha value is -0.840. The zero-order chi connectivity index (χ0) is 11.5. The molecule has 0 fully saturated rings. The van der Waals surface area contributed by atoms with E-state index in [0.29, 0.717) is 16.1 Å². The molecule has 0 aliphatic heterocycles. The molecule has 84 valence electrons. The van der Waals surface area contributed by atoms with Crippen LogP contribution in [0.2, 0.25) is 5.02 Å². The molecule has 0 unspecified atom stereocenters. The van der Waals surface area contributed by atoms with E-state index >= 15 is 0 Å². The van der Waals surface area contributed by atoms with Gasteiger partial charge in [-0.2, -0.15) is 0 Å². The maximum absolute atomic E-state index is 5.85. The Labute approximate surface area is 107 Å². The molecule has 0 radical (unpaired) electrons. The first-order valence-corrected chi connectivity index (χ1v) is 6.24. The van der Waals surface area contributed by atoms with E-state index in [4.69, 9.17) is 27.9 Å². The third-order valence-electron chi connectivity index (χ3n) is 1.90. The number of rotatable bonds is 3. The highest BCUT2D eigenvalue weighted by Crippen LogP contribution is 2.29. The molecule has 3 nitrogen and oxygen atoms in total. The molecule has 0 aliphatic carbocycles. The quantitative estimate of drug-likeness (QED) is 0.793. The van der Waals surface area contributed by atoms with Crippen LogP contribution in [0.1, 0.15) is 10.6 Å². The fraction of sp³-hybridized carbons (Fsp3) is 0.200. The zero-order valence-corrected chi connectivity index (χ0v) is 10.7. The van der Waals surface area contributed by atoms with Gasteiger partial charge in [-0.15, -0.1) is 16.7 Å². The van der Waals surface area contributed by atoms with Crippen LogP contribution >= 0.6 is 34.5 Å². The molecule has 2 aromatic rings. The molecule has 2 rings (SSSR count). The van der Waals surface area contributed by atoms with E-state index in [9.17, 15) is 0 Å². The maximum atomic E-state index is 5.85. The number of halogens is 2. The van der Waals surface area contributed by atoms with Crippen LogP contribution in [0, 0.1) is 6.92 Å². The van der Waals surface area contributed by atoms with Gasteiger partial charge in [0.1, 0.15) is 10.8 Å². The molecule has 0 atom stereocenters. The molecule has 1 aromatic carbocycles. The first-order chi connectivity index (χ1) is 7.69. The van der Waals surface area contributed by atoms with Crippen molar-refractivity contribution in [1.29, 1.82) is 0 Å². The SMILES string of the molecule is Cc1cc(Cl)ccc1Oc1nnc(CCl)s1. The fourth-order valence-corrected chi connectivity index (χ4v) is 2.15. The second-order valence-electron chi connectivity index (χ2n) is 3.11. The topological polar surface area (TPSA) is 35.0 Å². The van der Waals surface area contributed by atoms with Crippen LogP contribution in [0.5, 0.6) is 10.9 Å². The van der Waals surface area contributed by atoms with E-state index < -0.39 is 0 Å². The largest absolute Gasteiger partial charge is 0.430 e. The van der Waals surface area contributed by atoms with Gasteiger partial charge in [-0.25, -0.2) is 0 Å². The summed E-state index contributed by atoms with van der Waals surface area (Å²) < 4.78 is 5.57. The number of benzene rings is 1. The van der Waals surface area contributed by atoms with Crippen LogP contribution in [-0.2, 0) is 5.88 Å². The summed E-state index contributed by atoms with van der Waals surface area (Å²) in [4.78, 5) is 0. The van der Waals surface area contributed by atoms with Gasteiger partial charge in [0.05, 0.1) is 5.88 Å². The van der Waals surface area contributed by atoms with Crippen LogP contribution in [0.4, 0.5) is 0 Å². The first kappa shape index (κ1) is 11.6. The summed E-state index contributed by atoms with van der Waals surface area (Å²) in [5.74, 6) is 1.07. The smallest absolute Gasteiger partial charge is 0.299 e. The third-order valence-corrected chi connectivity index (χ3v) is 3.34. The summed E-state index contributed by atoms with van der Waals surface area (Å²) in [5, 5.41) is 9.65. The van der Waals surface area contributed by atoms with Gasteiger partial charge in [0.15, 0.2) is 0 Å². The minimum absolute atomic E-state index is 0.348. The van der Waals surface area contributed by atoms with Crippen LogP contribution in [0.25, 0.3) is 0 Å². The van der Waals surface area contributed by atoms with E-state index in [1.54, 1.807) is 12.1 Å². The Morgan fingerprint density at radius 2 is 2.19 bits per heavy atom. The lowest BCUT2D eigenvalue weighted by atomic mass is 10.2. The van der Waals surface area contributed by atoms with Crippen molar-refractivity contribution in [2.45, 2.75) is 12.8 Å². The number of hydrogen-bond donors (Lipinski definition) is 0. The predicted octanol–water partition coefficient (Wildman–Crippen LogP) is 4.03. The monoisotopic (exact) mass is 274 g/mol. The standard InChI is InChI=1S/C10H8Cl2N2OS/c1-6-4-7(12)2-3-8(6)15-10-14-13-9(5-11)16-10/h2-4H,5H2,1H3. The van der Waals surface area contributed by atoms with Crippen molar-refractivity contribution in [1.82, 2.24) is 10.2 Å². The lowest BCUT2D eigenvalue weighted by Crippen LogP contribution is -1.86. The molecule has 0 spiro atoms. The molecule has 6 heteroatoms. The molecule has 0 saturated heterocycles. The van der Waals surface area contributed by atoms with Gasteiger partial charge >= 0.3 is 0 Å².